The highest BCUT2D eigenvalue weighted by molar-refractivity contribution is 7.92. The SMILES string of the molecule is C#Cc1nnc(-c2nc(-c3ccc(S(=O)(=O)C(C)C)cc3)cnc2C)o1.[HH].[HH]. The summed E-state index contributed by atoms with van der Waals surface area (Å²) in [6.07, 6.45) is 6.84. The highest BCUT2D eigenvalue weighted by Gasteiger charge is 2.19. The number of hydrogen-bond acceptors (Lipinski definition) is 7. The topological polar surface area (TPSA) is 98.8 Å². The Morgan fingerprint density at radius 3 is 2.46 bits per heavy atom. The maximum absolute atomic E-state index is 12.2. The largest absolute Gasteiger partial charge is 0.408 e. The van der Waals surface area contributed by atoms with Gasteiger partial charge in [0.05, 0.1) is 27.7 Å². The van der Waals surface area contributed by atoms with E-state index in [0.29, 0.717) is 17.1 Å². The Kier molecular flexibility index (Phi) is 4.57. The zero-order valence-corrected chi connectivity index (χ0v) is 15.3. The normalized spacial score (nSPS) is 11.5. The summed E-state index contributed by atoms with van der Waals surface area (Å²) in [6.45, 7) is 5.07. The van der Waals surface area contributed by atoms with Gasteiger partial charge in [-0.3, -0.25) is 4.98 Å². The Morgan fingerprint density at radius 1 is 1.19 bits per heavy atom. The van der Waals surface area contributed by atoms with Crippen molar-refractivity contribution in [3.63, 3.8) is 0 Å². The molecular weight excluding hydrogens is 352 g/mol. The lowest BCUT2D eigenvalue weighted by molar-refractivity contribution is 0.552. The lowest BCUT2D eigenvalue weighted by Gasteiger charge is -2.09. The van der Waals surface area contributed by atoms with E-state index in [4.69, 9.17) is 10.8 Å². The molecule has 0 spiro atoms. The monoisotopic (exact) mass is 372 g/mol. The van der Waals surface area contributed by atoms with Gasteiger partial charge in [-0.05, 0) is 38.8 Å². The number of rotatable bonds is 4. The van der Waals surface area contributed by atoms with Gasteiger partial charge in [0.15, 0.2) is 9.84 Å². The number of aryl methyl sites for hydroxylation is 1. The summed E-state index contributed by atoms with van der Waals surface area (Å²) in [5.41, 5.74) is 2.31. The average molecular weight is 372 g/mol. The van der Waals surface area contributed by atoms with Gasteiger partial charge >= 0.3 is 0 Å². The van der Waals surface area contributed by atoms with Gasteiger partial charge in [-0.25, -0.2) is 13.4 Å². The molecule has 0 atom stereocenters. The van der Waals surface area contributed by atoms with E-state index in [0.717, 1.165) is 5.56 Å². The van der Waals surface area contributed by atoms with Crippen LogP contribution in [-0.4, -0.2) is 33.8 Å². The van der Waals surface area contributed by atoms with Crippen molar-refractivity contribution in [1.82, 2.24) is 20.2 Å². The summed E-state index contributed by atoms with van der Waals surface area (Å²) >= 11 is 0. The summed E-state index contributed by atoms with van der Waals surface area (Å²) in [5.74, 6) is 2.52. The first-order valence-corrected chi connectivity index (χ1v) is 9.36. The number of sulfone groups is 1. The van der Waals surface area contributed by atoms with Crippen molar-refractivity contribution in [3.8, 4) is 35.2 Å². The van der Waals surface area contributed by atoms with Crippen LogP contribution in [-0.2, 0) is 9.84 Å². The van der Waals surface area contributed by atoms with Crippen LogP contribution in [0.1, 0.15) is 28.3 Å². The van der Waals surface area contributed by atoms with Crippen LogP contribution in [0.15, 0.2) is 39.8 Å². The van der Waals surface area contributed by atoms with Crippen molar-refractivity contribution in [2.75, 3.05) is 0 Å². The highest BCUT2D eigenvalue weighted by Crippen LogP contribution is 2.25. The van der Waals surface area contributed by atoms with E-state index in [1.807, 2.05) is 0 Å². The minimum Gasteiger partial charge on any atom is -0.408 e. The first-order valence-electron chi connectivity index (χ1n) is 7.81. The Morgan fingerprint density at radius 2 is 1.88 bits per heavy atom. The summed E-state index contributed by atoms with van der Waals surface area (Å²) < 4.78 is 29.8. The van der Waals surface area contributed by atoms with Crippen molar-refractivity contribution in [2.24, 2.45) is 0 Å². The Hall–Kier alpha value is -3.05. The summed E-state index contributed by atoms with van der Waals surface area (Å²) in [4.78, 5) is 9.09. The fourth-order valence-electron chi connectivity index (χ4n) is 2.26. The van der Waals surface area contributed by atoms with E-state index in [1.165, 1.54) is 0 Å². The van der Waals surface area contributed by atoms with E-state index in [-0.39, 0.29) is 19.5 Å². The first kappa shape index (κ1) is 17.8. The highest BCUT2D eigenvalue weighted by atomic mass is 32.2. The molecule has 0 fully saturated rings. The molecule has 0 amide bonds. The van der Waals surface area contributed by atoms with Crippen LogP contribution in [0, 0.1) is 19.3 Å². The summed E-state index contributed by atoms with van der Waals surface area (Å²) in [6, 6.07) is 6.52. The van der Waals surface area contributed by atoms with Crippen LogP contribution < -0.4 is 0 Å². The average Bonchev–Trinajstić information content (AvgIpc) is 3.11. The van der Waals surface area contributed by atoms with Crippen molar-refractivity contribution < 1.29 is 15.7 Å². The third kappa shape index (κ3) is 3.21. The van der Waals surface area contributed by atoms with Gasteiger partial charge < -0.3 is 4.42 Å². The maximum Gasteiger partial charge on any atom is 0.293 e. The molecule has 2 aromatic heterocycles. The second kappa shape index (κ2) is 6.69. The third-order valence-corrected chi connectivity index (χ3v) is 5.98. The molecule has 0 saturated heterocycles. The smallest absolute Gasteiger partial charge is 0.293 e. The Balaban J connectivity index is 0.00000196. The molecule has 3 rings (SSSR count). The van der Waals surface area contributed by atoms with Gasteiger partial charge in [-0.2, -0.15) is 0 Å². The molecule has 136 valence electrons. The maximum atomic E-state index is 12.2. The predicted octanol–water partition coefficient (Wildman–Crippen LogP) is 3.16. The lowest BCUT2D eigenvalue weighted by atomic mass is 10.1. The number of nitrogens with zero attached hydrogens (tertiary/aromatic N) is 4. The molecule has 3 aromatic rings. The van der Waals surface area contributed by atoms with Crippen LogP contribution >= 0.6 is 0 Å². The molecule has 0 unspecified atom stereocenters. The van der Waals surface area contributed by atoms with Gasteiger partial charge in [0.1, 0.15) is 5.69 Å². The van der Waals surface area contributed by atoms with E-state index >= 15 is 0 Å². The molecule has 1 aromatic carbocycles. The van der Waals surface area contributed by atoms with E-state index < -0.39 is 15.1 Å². The first-order chi connectivity index (χ1) is 12.3. The molecule has 8 heteroatoms. The van der Waals surface area contributed by atoms with Crippen LogP contribution in [0.25, 0.3) is 22.8 Å². The minimum absolute atomic E-state index is 0. The second-order valence-electron chi connectivity index (χ2n) is 5.86. The zero-order chi connectivity index (χ0) is 18.9. The number of hydrogen-bond donors (Lipinski definition) is 0. The fraction of sp³-hybridized carbons (Fsp3) is 0.222. The minimum atomic E-state index is -3.32. The molecule has 0 aliphatic carbocycles. The van der Waals surface area contributed by atoms with Gasteiger partial charge in [-0.15, -0.1) is 11.5 Å². The van der Waals surface area contributed by atoms with Gasteiger partial charge in [-0.1, -0.05) is 17.2 Å². The second-order valence-corrected chi connectivity index (χ2v) is 8.37. The van der Waals surface area contributed by atoms with Crippen molar-refractivity contribution in [1.29, 1.82) is 0 Å². The Bertz CT molecular complexity index is 1100. The van der Waals surface area contributed by atoms with Crippen LogP contribution in [0.3, 0.4) is 0 Å². The molecule has 0 bridgehead atoms. The molecule has 0 radical (unpaired) electrons. The standard InChI is InChI=1S/C18H16N4O3S.2H2/c1-5-16-21-22-18(25-16)17-12(4)19-10-15(20-17)13-6-8-14(9-7-13)26(23,24)11(2)3;;/h1,6-11H,2-4H3;2*1H. The quantitative estimate of drug-likeness (QED) is 0.649. The van der Waals surface area contributed by atoms with Crippen LogP contribution in [0.4, 0.5) is 0 Å². The van der Waals surface area contributed by atoms with E-state index in [2.05, 4.69) is 26.1 Å². The summed E-state index contributed by atoms with van der Waals surface area (Å²) in [7, 11) is -3.32. The number of aromatic nitrogens is 4. The third-order valence-electron chi connectivity index (χ3n) is 3.81. The van der Waals surface area contributed by atoms with Gasteiger partial charge in [0.2, 0.25) is 0 Å². The molecule has 7 nitrogen and oxygen atoms in total. The molecule has 0 N–H and O–H groups in total. The summed E-state index contributed by atoms with van der Waals surface area (Å²) in [5, 5.41) is 7.12. The number of benzene rings is 1. The molecule has 0 aliphatic rings. The fourth-order valence-corrected chi connectivity index (χ4v) is 3.32. The Labute approximate surface area is 154 Å². The molecule has 0 saturated carbocycles. The van der Waals surface area contributed by atoms with Crippen LogP contribution in [0.2, 0.25) is 0 Å². The molecule has 2 heterocycles. The zero-order valence-electron chi connectivity index (χ0n) is 14.5. The van der Waals surface area contributed by atoms with Crippen molar-refractivity contribution >= 4 is 9.84 Å². The molecular formula is C18H20N4O3S. The lowest BCUT2D eigenvalue weighted by Crippen LogP contribution is -2.13. The predicted molar refractivity (Wildman–Crippen MR) is 100.0 cm³/mol. The van der Waals surface area contributed by atoms with E-state index in [9.17, 15) is 8.42 Å². The van der Waals surface area contributed by atoms with E-state index in [1.54, 1.807) is 51.2 Å². The van der Waals surface area contributed by atoms with Crippen molar-refractivity contribution in [3.05, 3.63) is 42.0 Å². The van der Waals surface area contributed by atoms with Gasteiger partial charge in [0, 0.05) is 8.42 Å². The number of terminal acetylenes is 1. The van der Waals surface area contributed by atoms with Crippen LogP contribution in [0.5, 0.6) is 0 Å². The molecule has 0 aliphatic heterocycles. The van der Waals surface area contributed by atoms with Gasteiger partial charge in [0.25, 0.3) is 11.8 Å². The molecule has 26 heavy (non-hydrogen) atoms. The van der Waals surface area contributed by atoms with Crippen molar-refractivity contribution in [2.45, 2.75) is 30.9 Å².